The van der Waals surface area contributed by atoms with E-state index in [9.17, 15) is 4.79 Å². The number of fused-ring (bicyclic) bond motifs is 1. The van der Waals surface area contributed by atoms with E-state index in [1.54, 1.807) is 11.6 Å². The molecule has 9 nitrogen and oxygen atoms in total. The fourth-order valence-corrected chi connectivity index (χ4v) is 3.95. The van der Waals surface area contributed by atoms with Crippen molar-refractivity contribution in [3.63, 3.8) is 0 Å². The van der Waals surface area contributed by atoms with Crippen LogP contribution in [-0.2, 0) is 9.53 Å². The standard InChI is InChI=1S/C21H25N5O4/c1-12-19(21(24-30-12)29-17-11-25(2)10-16(17)28-3)14-6-7-26-15(8-14)9-18(23-26)22-20(27)13-4-5-13/h6-9,13,16-17H,4-5,10-11H2,1-3H3,(H,22,23,27). The number of anilines is 1. The van der Waals surface area contributed by atoms with Gasteiger partial charge in [-0.1, -0.05) is 0 Å². The first kappa shape index (κ1) is 19.1. The highest BCUT2D eigenvalue weighted by molar-refractivity contribution is 5.93. The van der Waals surface area contributed by atoms with Gasteiger partial charge in [0.2, 0.25) is 5.91 Å². The monoisotopic (exact) mass is 411 g/mol. The molecule has 9 heteroatoms. The second-order valence-electron chi connectivity index (χ2n) is 8.15. The minimum atomic E-state index is -0.119. The highest BCUT2D eigenvalue weighted by Gasteiger charge is 2.34. The fraction of sp³-hybridized carbons (Fsp3) is 0.476. The van der Waals surface area contributed by atoms with Crippen LogP contribution in [0.4, 0.5) is 5.82 Å². The summed E-state index contributed by atoms with van der Waals surface area (Å²) in [6, 6.07) is 5.79. The van der Waals surface area contributed by atoms with Crippen LogP contribution in [-0.4, -0.2) is 65.0 Å². The molecule has 1 aliphatic heterocycles. The largest absolute Gasteiger partial charge is 0.468 e. The van der Waals surface area contributed by atoms with Gasteiger partial charge in [-0.15, -0.1) is 0 Å². The van der Waals surface area contributed by atoms with Crippen molar-refractivity contribution in [2.75, 3.05) is 32.6 Å². The van der Waals surface area contributed by atoms with Gasteiger partial charge in [0, 0.05) is 38.4 Å². The Morgan fingerprint density at radius 2 is 2.07 bits per heavy atom. The van der Waals surface area contributed by atoms with Gasteiger partial charge >= 0.3 is 0 Å². The van der Waals surface area contributed by atoms with Crippen LogP contribution in [0.25, 0.3) is 16.6 Å². The molecule has 3 aromatic rings. The van der Waals surface area contributed by atoms with E-state index in [1.807, 2.05) is 38.4 Å². The maximum Gasteiger partial charge on any atom is 0.262 e. The lowest BCUT2D eigenvalue weighted by Crippen LogP contribution is -2.31. The molecular formula is C21H25N5O4. The van der Waals surface area contributed by atoms with Crippen LogP contribution in [0.15, 0.2) is 28.9 Å². The van der Waals surface area contributed by atoms with E-state index in [1.165, 1.54) is 0 Å². The van der Waals surface area contributed by atoms with E-state index in [-0.39, 0.29) is 24.0 Å². The zero-order valence-corrected chi connectivity index (χ0v) is 17.3. The Bertz CT molecular complexity index is 1090. The van der Waals surface area contributed by atoms with Crippen LogP contribution in [0, 0.1) is 12.8 Å². The fourth-order valence-electron chi connectivity index (χ4n) is 3.95. The maximum absolute atomic E-state index is 12.0. The number of aryl methyl sites for hydroxylation is 1. The molecule has 0 spiro atoms. The van der Waals surface area contributed by atoms with E-state index in [0.717, 1.165) is 42.6 Å². The molecule has 1 saturated heterocycles. The molecule has 2 fully saturated rings. The van der Waals surface area contributed by atoms with Crippen LogP contribution in [0.5, 0.6) is 5.88 Å². The van der Waals surface area contributed by atoms with Gasteiger partial charge in [-0.3, -0.25) is 9.69 Å². The minimum Gasteiger partial charge on any atom is -0.468 e. The molecule has 2 aliphatic rings. The van der Waals surface area contributed by atoms with Crippen molar-refractivity contribution in [1.82, 2.24) is 19.7 Å². The van der Waals surface area contributed by atoms with Crippen molar-refractivity contribution in [2.24, 2.45) is 5.92 Å². The summed E-state index contributed by atoms with van der Waals surface area (Å²) in [5.41, 5.74) is 2.59. The molecule has 2 unspecified atom stereocenters. The van der Waals surface area contributed by atoms with Crippen molar-refractivity contribution in [3.05, 3.63) is 30.2 Å². The number of carbonyl (C=O) groups excluding carboxylic acids is 1. The zero-order valence-electron chi connectivity index (χ0n) is 17.3. The topological polar surface area (TPSA) is 94.1 Å². The summed E-state index contributed by atoms with van der Waals surface area (Å²) in [5.74, 6) is 1.87. The van der Waals surface area contributed by atoms with E-state index >= 15 is 0 Å². The molecule has 0 radical (unpaired) electrons. The number of hydrogen-bond acceptors (Lipinski definition) is 7. The number of likely N-dealkylation sites (N-methyl/N-ethyl adjacent to an activating group) is 1. The summed E-state index contributed by atoms with van der Waals surface area (Å²) in [6.45, 7) is 3.44. The average Bonchev–Trinajstić information content (AvgIpc) is 3.28. The first-order chi connectivity index (χ1) is 14.5. The highest BCUT2D eigenvalue weighted by Crippen LogP contribution is 2.35. The van der Waals surface area contributed by atoms with Crippen molar-refractivity contribution < 1.29 is 18.8 Å². The van der Waals surface area contributed by atoms with Crippen LogP contribution in [0.1, 0.15) is 18.6 Å². The molecule has 5 rings (SSSR count). The van der Waals surface area contributed by atoms with Gasteiger partial charge in [-0.2, -0.15) is 5.10 Å². The van der Waals surface area contributed by atoms with Crippen LogP contribution >= 0.6 is 0 Å². The van der Waals surface area contributed by atoms with Gasteiger partial charge in [0.25, 0.3) is 5.88 Å². The molecule has 4 heterocycles. The third-order valence-corrected chi connectivity index (χ3v) is 5.75. The Kier molecular flexibility index (Phi) is 4.71. The molecule has 2 atom stereocenters. The highest BCUT2D eigenvalue weighted by atomic mass is 16.6. The molecule has 1 saturated carbocycles. The lowest BCUT2D eigenvalue weighted by molar-refractivity contribution is -0.117. The minimum absolute atomic E-state index is 0.0187. The molecular weight excluding hydrogens is 386 g/mol. The van der Waals surface area contributed by atoms with Crippen molar-refractivity contribution in [2.45, 2.75) is 32.0 Å². The van der Waals surface area contributed by atoms with Crippen molar-refractivity contribution in [1.29, 1.82) is 0 Å². The first-order valence-corrected chi connectivity index (χ1v) is 10.2. The Labute approximate surface area is 173 Å². The number of carbonyl (C=O) groups is 1. The van der Waals surface area contributed by atoms with E-state index in [4.69, 9.17) is 14.0 Å². The lowest BCUT2D eigenvalue weighted by Gasteiger charge is -2.17. The number of pyridine rings is 1. The van der Waals surface area contributed by atoms with Gasteiger partial charge in [0.15, 0.2) is 5.82 Å². The normalized spacial score (nSPS) is 22.0. The smallest absolute Gasteiger partial charge is 0.262 e. The molecule has 30 heavy (non-hydrogen) atoms. The average molecular weight is 411 g/mol. The van der Waals surface area contributed by atoms with Gasteiger partial charge < -0.3 is 19.3 Å². The summed E-state index contributed by atoms with van der Waals surface area (Å²) in [4.78, 5) is 14.2. The predicted octanol–water partition coefficient (Wildman–Crippen LogP) is 2.35. The first-order valence-electron chi connectivity index (χ1n) is 10.2. The number of amides is 1. The zero-order chi connectivity index (χ0) is 20.8. The molecule has 1 amide bonds. The number of ether oxygens (including phenoxy) is 2. The number of aromatic nitrogens is 3. The molecule has 0 aromatic carbocycles. The Balaban J connectivity index is 1.42. The number of likely N-dealkylation sites (tertiary alicyclic amines) is 1. The third-order valence-electron chi connectivity index (χ3n) is 5.75. The van der Waals surface area contributed by atoms with Crippen LogP contribution in [0.2, 0.25) is 0 Å². The molecule has 158 valence electrons. The molecule has 0 bridgehead atoms. The van der Waals surface area contributed by atoms with E-state index in [2.05, 4.69) is 20.5 Å². The number of nitrogens with one attached hydrogen (secondary N) is 1. The van der Waals surface area contributed by atoms with E-state index in [0.29, 0.717) is 17.5 Å². The maximum atomic E-state index is 12.0. The Hall–Kier alpha value is -2.91. The van der Waals surface area contributed by atoms with Gasteiger partial charge in [0.1, 0.15) is 18.0 Å². The summed E-state index contributed by atoms with van der Waals surface area (Å²) in [5, 5.41) is 11.5. The molecule has 3 aromatic heterocycles. The van der Waals surface area contributed by atoms with Crippen molar-refractivity contribution >= 4 is 17.2 Å². The van der Waals surface area contributed by atoms with Gasteiger partial charge in [-0.25, -0.2) is 4.52 Å². The number of nitrogens with zero attached hydrogens (tertiary/aromatic N) is 4. The van der Waals surface area contributed by atoms with Crippen molar-refractivity contribution in [3.8, 4) is 17.0 Å². The van der Waals surface area contributed by atoms with Gasteiger partial charge in [-0.05, 0) is 49.7 Å². The third kappa shape index (κ3) is 3.54. The summed E-state index contributed by atoms with van der Waals surface area (Å²) in [7, 11) is 3.74. The summed E-state index contributed by atoms with van der Waals surface area (Å²) < 4.78 is 19.0. The number of methoxy groups -OCH3 is 1. The number of rotatable bonds is 6. The SMILES string of the molecule is COC1CN(C)CC1Oc1noc(C)c1-c1ccn2nc(NC(=O)C3CC3)cc2c1. The Morgan fingerprint density at radius 1 is 1.27 bits per heavy atom. The van der Waals surface area contributed by atoms with E-state index < -0.39 is 0 Å². The molecule has 1 N–H and O–H groups in total. The van der Waals surface area contributed by atoms with Gasteiger partial charge in [0.05, 0.1) is 11.1 Å². The number of hydrogen-bond donors (Lipinski definition) is 1. The van der Waals surface area contributed by atoms with Crippen LogP contribution in [0.3, 0.4) is 0 Å². The Morgan fingerprint density at radius 3 is 2.83 bits per heavy atom. The quantitative estimate of drug-likeness (QED) is 0.665. The lowest BCUT2D eigenvalue weighted by atomic mass is 10.1. The second-order valence-corrected chi connectivity index (χ2v) is 8.15. The predicted molar refractivity (Wildman–Crippen MR) is 109 cm³/mol. The summed E-state index contributed by atoms with van der Waals surface area (Å²) >= 11 is 0. The summed E-state index contributed by atoms with van der Waals surface area (Å²) in [6.07, 6.45) is 3.63. The second kappa shape index (κ2) is 7.41. The molecule has 1 aliphatic carbocycles. The van der Waals surface area contributed by atoms with Crippen LogP contribution < -0.4 is 10.1 Å².